The van der Waals surface area contributed by atoms with Crippen LogP contribution in [0.3, 0.4) is 0 Å². The molecule has 2 atom stereocenters. The fourth-order valence-corrected chi connectivity index (χ4v) is 5.64. The number of ether oxygens (including phenoxy) is 2. The van der Waals surface area contributed by atoms with Crippen molar-refractivity contribution >= 4 is 11.9 Å². The highest BCUT2D eigenvalue weighted by Crippen LogP contribution is 2.66. The average Bonchev–Trinajstić information content (AvgIpc) is 2.43. The Labute approximate surface area is 125 Å². The molecule has 0 aromatic carbocycles. The first-order valence-corrected chi connectivity index (χ1v) is 7.78. The summed E-state index contributed by atoms with van der Waals surface area (Å²) in [5, 5.41) is 0. The summed E-state index contributed by atoms with van der Waals surface area (Å²) in [5.74, 6) is 0.863. The first kappa shape index (κ1) is 14.6. The molecule has 0 spiro atoms. The maximum atomic E-state index is 12.3. The van der Waals surface area contributed by atoms with Crippen LogP contribution in [0.4, 0.5) is 0 Å². The van der Waals surface area contributed by atoms with Crippen molar-refractivity contribution in [3.63, 3.8) is 0 Å². The van der Waals surface area contributed by atoms with Gasteiger partial charge < -0.3 is 9.47 Å². The molecule has 4 bridgehead atoms. The van der Waals surface area contributed by atoms with E-state index in [0.717, 1.165) is 32.1 Å². The fraction of sp³-hybridized carbons (Fsp3) is 0.765. The van der Waals surface area contributed by atoms with Gasteiger partial charge in [0.05, 0.1) is 19.6 Å². The molecule has 4 saturated carbocycles. The number of methoxy groups -OCH3 is 2. The van der Waals surface area contributed by atoms with E-state index in [9.17, 15) is 9.59 Å². The van der Waals surface area contributed by atoms with Gasteiger partial charge in [0.15, 0.2) is 0 Å². The lowest BCUT2D eigenvalue weighted by atomic mass is 9.44. The van der Waals surface area contributed by atoms with E-state index >= 15 is 0 Å². The van der Waals surface area contributed by atoms with Crippen LogP contribution in [0.25, 0.3) is 0 Å². The minimum atomic E-state index is -0.314. The number of hydrogen-bond acceptors (Lipinski definition) is 4. The van der Waals surface area contributed by atoms with Crippen LogP contribution in [0.1, 0.15) is 45.4 Å². The summed E-state index contributed by atoms with van der Waals surface area (Å²) < 4.78 is 9.92. The molecular formula is C17H24O4. The average molecular weight is 292 g/mol. The molecule has 4 heteroatoms. The van der Waals surface area contributed by atoms with Gasteiger partial charge >= 0.3 is 11.9 Å². The second kappa shape index (κ2) is 4.85. The zero-order valence-corrected chi connectivity index (χ0v) is 13.1. The molecule has 0 amide bonds. The Morgan fingerprint density at radius 2 is 1.67 bits per heavy atom. The minimum absolute atomic E-state index is 0.0173. The molecule has 0 saturated heterocycles. The van der Waals surface area contributed by atoms with Crippen LogP contribution < -0.4 is 0 Å². The quantitative estimate of drug-likeness (QED) is 0.593. The van der Waals surface area contributed by atoms with Crippen LogP contribution in [0.2, 0.25) is 0 Å². The van der Waals surface area contributed by atoms with Crippen LogP contribution in [-0.2, 0) is 19.1 Å². The van der Waals surface area contributed by atoms with E-state index in [1.54, 1.807) is 0 Å². The zero-order valence-electron chi connectivity index (χ0n) is 13.1. The van der Waals surface area contributed by atoms with Crippen LogP contribution in [-0.4, -0.2) is 26.2 Å². The van der Waals surface area contributed by atoms with E-state index in [2.05, 4.69) is 6.08 Å². The first-order valence-electron chi connectivity index (χ1n) is 7.78. The van der Waals surface area contributed by atoms with Gasteiger partial charge in [-0.05, 0) is 62.7 Å². The van der Waals surface area contributed by atoms with Crippen molar-refractivity contribution < 1.29 is 19.1 Å². The van der Waals surface area contributed by atoms with Crippen LogP contribution in [0.5, 0.6) is 0 Å². The number of rotatable bonds is 3. The van der Waals surface area contributed by atoms with Gasteiger partial charge in [-0.1, -0.05) is 6.08 Å². The number of carbonyl (C=O) groups excluding carboxylic acids is 2. The molecule has 4 rings (SSSR count). The Bertz CT molecular complexity index is 491. The molecule has 0 radical (unpaired) electrons. The molecule has 0 aliphatic heterocycles. The van der Waals surface area contributed by atoms with E-state index in [1.807, 2.05) is 6.92 Å². The van der Waals surface area contributed by atoms with Gasteiger partial charge in [0.1, 0.15) is 0 Å². The van der Waals surface area contributed by atoms with Gasteiger partial charge in [-0.3, -0.25) is 4.79 Å². The van der Waals surface area contributed by atoms with Gasteiger partial charge in [0, 0.05) is 5.57 Å². The molecule has 4 aliphatic carbocycles. The predicted molar refractivity (Wildman–Crippen MR) is 77.3 cm³/mol. The largest absolute Gasteiger partial charge is 0.469 e. The Kier molecular flexibility index (Phi) is 3.38. The number of esters is 2. The monoisotopic (exact) mass is 292 g/mol. The summed E-state index contributed by atoms with van der Waals surface area (Å²) in [4.78, 5) is 24.1. The Morgan fingerprint density at radius 1 is 1.05 bits per heavy atom. The van der Waals surface area contributed by atoms with Crippen molar-refractivity contribution in [3.8, 4) is 0 Å². The maximum Gasteiger partial charge on any atom is 0.333 e. The van der Waals surface area contributed by atoms with Crippen molar-refractivity contribution in [1.29, 1.82) is 0 Å². The smallest absolute Gasteiger partial charge is 0.333 e. The SMILES string of the molecule is COC(=O)/C(C)=C/C12CC3CC(C1)CC(C(=O)OC)(C3)C2. The normalized spacial score (nSPS) is 41.0. The Balaban J connectivity index is 1.94. The predicted octanol–water partition coefficient (Wildman–Crippen LogP) is 2.87. The van der Waals surface area contributed by atoms with Crippen molar-refractivity contribution in [1.82, 2.24) is 0 Å². The number of carbonyl (C=O) groups is 2. The zero-order chi connectivity index (χ0) is 15.3. The van der Waals surface area contributed by atoms with Crippen molar-refractivity contribution in [2.24, 2.45) is 22.7 Å². The standard InChI is InChI=1S/C17H24O4/c1-11(14(18)20-2)5-16-6-12-4-13(7-16)9-17(8-12,10-16)15(19)21-3/h5,12-13H,4,6-10H2,1-3H3/b11-5+. The van der Waals surface area contributed by atoms with Crippen LogP contribution in [0.15, 0.2) is 11.6 Å². The van der Waals surface area contributed by atoms with Gasteiger partial charge in [-0.15, -0.1) is 0 Å². The lowest BCUT2D eigenvalue weighted by Crippen LogP contribution is -2.54. The molecule has 4 aliphatic rings. The van der Waals surface area contributed by atoms with Crippen molar-refractivity contribution in [2.45, 2.75) is 45.4 Å². The number of hydrogen-bond donors (Lipinski definition) is 0. The molecule has 0 aromatic rings. The third-order valence-corrected chi connectivity index (χ3v) is 5.75. The summed E-state index contributed by atoms with van der Waals surface area (Å²) in [6.07, 6.45) is 8.26. The summed E-state index contributed by atoms with van der Waals surface area (Å²) in [5.41, 5.74) is 0.335. The third-order valence-electron chi connectivity index (χ3n) is 5.75. The van der Waals surface area contributed by atoms with Crippen molar-refractivity contribution in [2.75, 3.05) is 14.2 Å². The molecule has 2 unspecified atom stereocenters. The summed E-state index contributed by atoms with van der Waals surface area (Å²) >= 11 is 0. The molecule has 21 heavy (non-hydrogen) atoms. The summed E-state index contributed by atoms with van der Waals surface area (Å²) in [7, 11) is 2.90. The van der Waals surface area contributed by atoms with Gasteiger partial charge in [-0.2, -0.15) is 0 Å². The molecule has 0 N–H and O–H groups in total. The van der Waals surface area contributed by atoms with Gasteiger partial charge in [-0.25, -0.2) is 4.79 Å². The second-order valence-electron chi connectivity index (χ2n) is 7.41. The molecule has 0 aromatic heterocycles. The fourth-order valence-electron chi connectivity index (χ4n) is 5.64. The molecule has 4 fully saturated rings. The third kappa shape index (κ3) is 2.29. The second-order valence-corrected chi connectivity index (χ2v) is 7.41. The topological polar surface area (TPSA) is 52.6 Å². The van der Waals surface area contributed by atoms with Crippen LogP contribution >= 0.6 is 0 Å². The number of allylic oxidation sites excluding steroid dienone is 1. The lowest BCUT2D eigenvalue weighted by Gasteiger charge is -2.60. The van der Waals surface area contributed by atoms with E-state index in [-0.39, 0.29) is 22.8 Å². The summed E-state index contributed by atoms with van der Waals surface area (Å²) in [6.45, 7) is 1.81. The first-order chi connectivity index (χ1) is 9.92. The Hall–Kier alpha value is -1.32. The van der Waals surface area contributed by atoms with E-state index in [4.69, 9.17) is 9.47 Å². The van der Waals surface area contributed by atoms with Crippen molar-refractivity contribution in [3.05, 3.63) is 11.6 Å². The highest BCUT2D eigenvalue weighted by Gasteiger charge is 2.60. The maximum absolute atomic E-state index is 12.3. The molecule has 4 nitrogen and oxygen atoms in total. The van der Waals surface area contributed by atoms with E-state index in [0.29, 0.717) is 17.4 Å². The van der Waals surface area contributed by atoms with Crippen LogP contribution in [0, 0.1) is 22.7 Å². The molecule has 116 valence electrons. The van der Waals surface area contributed by atoms with Gasteiger partial charge in [0.2, 0.25) is 0 Å². The van der Waals surface area contributed by atoms with E-state index < -0.39 is 0 Å². The Morgan fingerprint density at radius 3 is 2.19 bits per heavy atom. The summed E-state index contributed by atoms with van der Waals surface area (Å²) in [6, 6.07) is 0. The lowest BCUT2D eigenvalue weighted by molar-refractivity contribution is -0.173. The minimum Gasteiger partial charge on any atom is -0.469 e. The van der Waals surface area contributed by atoms with E-state index in [1.165, 1.54) is 20.6 Å². The molecular weight excluding hydrogens is 268 g/mol. The highest BCUT2D eigenvalue weighted by molar-refractivity contribution is 5.87. The molecule has 0 heterocycles. The highest BCUT2D eigenvalue weighted by atomic mass is 16.5. The van der Waals surface area contributed by atoms with Gasteiger partial charge in [0.25, 0.3) is 0 Å².